The van der Waals surface area contributed by atoms with Crippen LogP contribution in [-0.2, 0) is 5.41 Å². The highest BCUT2D eigenvalue weighted by Gasteiger charge is 2.15. The number of anilines is 1. The molecular weight excluding hydrogens is 352 g/mol. The van der Waals surface area contributed by atoms with E-state index in [-0.39, 0.29) is 17.5 Å². The standard InChI is InChI=1S/C22H26N4O2/c1-14(2)23-21(27)24-18-12-8-15(9-13-18)19-25-20(28-26-19)16-6-10-17(11-7-16)22(3,4)5/h6-14H,1-5H3,(H2,23,24,27). The monoisotopic (exact) mass is 378 g/mol. The van der Waals surface area contributed by atoms with Crippen molar-refractivity contribution in [2.24, 2.45) is 0 Å². The van der Waals surface area contributed by atoms with Gasteiger partial charge in [-0.05, 0) is 61.2 Å². The second-order valence-electron chi connectivity index (χ2n) is 8.08. The molecule has 1 aromatic heterocycles. The average Bonchev–Trinajstić information content (AvgIpc) is 3.11. The molecule has 28 heavy (non-hydrogen) atoms. The molecular formula is C22H26N4O2. The summed E-state index contributed by atoms with van der Waals surface area (Å²) in [4.78, 5) is 16.3. The number of nitrogens with one attached hydrogen (secondary N) is 2. The van der Waals surface area contributed by atoms with Gasteiger partial charge in [-0.3, -0.25) is 0 Å². The Labute approximate surface area is 165 Å². The van der Waals surface area contributed by atoms with Crippen LogP contribution < -0.4 is 10.6 Å². The van der Waals surface area contributed by atoms with Gasteiger partial charge in [-0.2, -0.15) is 4.98 Å². The fourth-order valence-corrected chi connectivity index (χ4v) is 2.70. The highest BCUT2D eigenvalue weighted by Crippen LogP contribution is 2.27. The van der Waals surface area contributed by atoms with Crippen LogP contribution in [0.1, 0.15) is 40.2 Å². The van der Waals surface area contributed by atoms with Gasteiger partial charge in [-0.15, -0.1) is 0 Å². The van der Waals surface area contributed by atoms with E-state index in [9.17, 15) is 4.79 Å². The molecule has 0 saturated heterocycles. The van der Waals surface area contributed by atoms with Crippen LogP contribution >= 0.6 is 0 Å². The number of carbonyl (C=O) groups excluding carboxylic acids is 1. The Hall–Kier alpha value is -3.15. The van der Waals surface area contributed by atoms with E-state index in [4.69, 9.17) is 4.52 Å². The Balaban J connectivity index is 1.72. The van der Waals surface area contributed by atoms with Crippen LogP contribution in [0.15, 0.2) is 53.1 Å². The molecule has 0 saturated carbocycles. The Morgan fingerprint density at radius 2 is 1.57 bits per heavy atom. The summed E-state index contributed by atoms with van der Waals surface area (Å²) >= 11 is 0. The summed E-state index contributed by atoms with van der Waals surface area (Å²) in [5, 5.41) is 9.65. The number of urea groups is 1. The van der Waals surface area contributed by atoms with E-state index in [1.54, 1.807) is 0 Å². The van der Waals surface area contributed by atoms with E-state index in [0.29, 0.717) is 17.4 Å². The number of carbonyl (C=O) groups is 1. The van der Waals surface area contributed by atoms with E-state index in [1.165, 1.54) is 5.56 Å². The summed E-state index contributed by atoms with van der Waals surface area (Å²) in [6, 6.07) is 15.3. The highest BCUT2D eigenvalue weighted by molar-refractivity contribution is 5.89. The molecule has 3 rings (SSSR count). The number of benzene rings is 2. The molecule has 1 heterocycles. The molecule has 0 atom stereocenters. The molecule has 0 fully saturated rings. The smallest absolute Gasteiger partial charge is 0.319 e. The first-order valence-corrected chi connectivity index (χ1v) is 9.35. The quantitative estimate of drug-likeness (QED) is 0.651. The van der Waals surface area contributed by atoms with Crippen molar-refractivity contribution >= 4 is 11.7 Å². The van der Waals surface area contributed by atoms with Crippen LogP contribution in [0.4, 0.5) is 10.5 Å². The molecule has 2 aromatic carbocycles. The zero-order chi connectivity index (χ0) is 20.3. The van der Waals surface area contributed by atoms with E-state index in [2.05, 4.69) is 53.7 Å². The number of aromatic nitrogens is 2. The number of hydrogen-bond donors (Lipinski definition) is 2. The maximum atomic E-state index is 11.8. The Morgan fingerprint density at radius 3 is 2.14 bits per heavy atom. The third-order valence-electron chi connectivity index (χ3n) is 4.24. The number of hydrogen-bond acceptors (Lipinski definition) is 4. The van der Waals surface area contributed by atoms with E-state index < -0.39 is 0 Å². The van der Waals surface area contributed by atoms with Gasteiger partial charge in [-0.25, -0.2) is 4.79 Å². The van der Waals surface area contributed by atoms with Crippen molar-refractivity contribution in [3.63, 3.8) is 0 Å². The molecule has 0 bridgehead atoms. The lowest BCUT2D eigenvalue weighted by molar-refractivity contribution is 0.250. The molecule has 3 aromatic rings. The fraction of sp³-hybridized carbons (Fsp3) is 0.318. The molecule has 6 nitrogen and oxygen atoms in total. The van der Waals surface area contributed by atoms with Crippen LogP contribution in [0.5, 0.6) is 0 Å². The SMILES string of the molecule is CC(C)NC(=O)Nc1ccc(-c2noc(-c3ccc(C(C)(C)C)cc3)n2)cc1. The van der Waals surface area contributed by atoms with Gasteiger partial charge in [-0.1, -0.05) is 38.1 Å². The summed E-state index contributed by atoms with van der Waals surface area (Å²) < 4.78 is 5.43. The second kappa shape index (κ2) is 7.84. The van der Waals surface area contributed by atoms with Crippen molar-refractivity contribution in [2.75, 3.05) is 5.32 Å². The van der Waals surface area contributed by atoms with Crippen LogP contribution in [0.25, 0.3) is 22.8 Å². The summed E-state index contributed by atoms with van der Waals surface area (Å²) in [6.07, 6.45) is 0. The van der Waals surface area contributed by atoms with Crippen molar-refractivity contribution in [3.8, 4) is 22.8 Å². The van der Waals surface area contributed by atoms with Gasteiger partial charge in [0.1, 0.15) is 0 Å². The molecule has 2 amide bonds. The predicted octanol–water partition coefficient (Wildman–Crippen LogP) is 5.23. The van der Waals surface area contributed by atoms with Crippen molar-refractivity contribution in [2.45, 2.75) is 46.1 Å². The first-order chi connectivity index (χ1) is 13.2. The fourth-order valence-electron chi connectivity index (χ4n) is 2.70. The van der Waals surface area contributed by atoms with Crippen LogP contribution in [0, 0.1) is 0 Å². The normalized spacial score (nSPS) is 11.5. The minimum atomic E-state index is -0.233. The minimum absolute atomic E-state index is 0.0782. The summed E-state index contributed by atoms with van der Waals surface area (Å²) in [7, 11) is 0. The number of rotatable bonds is 4. The molecule has 0 aliphatic carbocycles. The van der Waals surface area contributed by atoms with Crippen molar-refractivity contribution < 1.29 is 9.32 Å². The number of nitrogens with zero attached hydrogens (tertiary/aromatic N) is 2. The van der Waals surface area contributed by atoms with Crippen LogP contribution in [0.3, 0.4) is 0 Å². The maximum Gasteiger partial charge on any atom is 0.319 e. The molecule has 0 aliphatic heterocycles. The molecule has 146 valence electrons. The Kier molecular flexibility index (Phi) is 5.49. The van der Waals surface area contributed by atoms with E-state index >= 15 is 0 Å². The van der Waals surface area contributed by atoms with Gasteiger partial charge >= 0.3 is 6.03 Å². The zero-order valence-corrected chi connectivity index (χ0v) is 16.9. The van der Waals surface area contributed by atoms with Gasteiger partial charge in [0.05, 0.1) is 0 Å². The lowest BCUT2D eigenvalue weighted by Gasteiger charge is -2.18. The van der Waals surface area contributed by atoms with Crippen molar-refractivity contribution in [3.05, 3.63) is 54.1 Å². The largest absolute Gasteiger partial charge is 0.336 e. The average molecular weight is 378 g/mol. The minimum Gasteiger partial charge on any atom is -0.336 e. The topological polar surface area (TPSA) is 80.0 Å². The lowest BCUT2D eigenvalue weighted by atomic mass is 9.87. The van der Waals surface area contributed by atoms with Gasteiger partial charge in [0.25, 0.3) is 5.89 Å². The second-order valence-corrected chi connectivity index (χ2v) is 8.08. The first kappa shape index (κ1) is 19.6. The van der Waals surface area contributed by atoms with Gasteiger partial charge in [0, 0.05) is 22.9 Å². The lowest BCUT2D eigenvalue weighted by Crippen LogP contribution is -2.34. The van der Waals surface area contributed by atoms with Gasteiger partial charge in [0.2, 0.25) is 5.82 Å². The van der Waals surface area contributed by atoms with E-state index in [1.807, 2.05) is 50.2 Å². The van der Waals surface area contributed by atoms with Crippen molar-refractivity contribution in [1.82, 2.24) is 15.5 Å². The third kappa shape index (κ3) is 4.76. The van der Waals surface area contributed by atoms with Crippen molar-refractivity contribution in [1.29, 1.82) is 0 Å². The third-order valence-corrected chi connectivity index (χ3v) is 4.24. The Morgan fingerprint density at radius 1 is 0.964 bits per heavy atom. The molecule has 0 unspecified atom stereocenters. The summed E-state index contributed by atoms with van der Waals surface area (Å²) in [5.41, 5.74) is 3.75. The first-order valence-electron chi connectivity index (χ1n) is 9.35. The molecule has 0 aliphatic rings. The summed E-state index contributed by atoms with van der Waals surface area (Å²) in [6.45, 7) is 10.4. The number of amides is 2. The van der Waals surface area contributed by atoms with Crippen LogP contribution in [-0.4, -0.2) is 22.2 Å². The van der Waals surface area contributed by atoms with Gasteiger partial charge < -0.3 is 15.2 Å². The van der Waals surface area contributed by atoms with Crippen LogP contribution in [0.2, 0.25) is 0 Å². The zero-order valence-electron chi connectivity index (χ0n) is 16.9. The van der Waals surface area contributed by atoms with Gasteiger partial charge in [0.15, 0.2) is 0 Å². The molecule has 2 N–H and O–H groups in total. The highest BCUT2D eigenvalue weighted by atomic mass is 16.5. The molecule has 0 spiro atoms. The predicted molar refractivity (Wildman–Crippen MR) is 111 cm³/mol. The molecule has 0 radical (unpaired) electrons. The summed E-state index contributed by atoms with van der Waals surface area (Å²) in [5.74, 6) is 0.988. The molecule has 6 heteroatoms. The van der Waals surface area contributed by atoms with E-state index in [0.717, 1.165) is 11.1 Å². The Bertz CT molecular complexity index is 936. The maximum absolute atomic E-state index is 11.8.